The number of aryl methyl sites for hydroxylation is 1. The van der Waals surface area contributed by atoms with Crippen LogP contribution in [0.3, 0.4) is 0 Å². The second-order valence-corrected chi connectivity index (χ2v) is 6.89. The summed E-state index contributed by atoms with van der Waals surface area (Å²) in [4.78, 5) is 5.64. The third-order valence-electron chi connectivity index (χ3n) is 2.81. The van der Waals surface area contributed by atoms with E-state index in [1.807, 2.05) is 6.20 Å². The molecule has 16 heavy (non-hydrogen) atoms. The maximum Gasteiger partial charge on any atom is 0.0897 e. The lowest BCUT2D eigenvalue weighted by Gasteiger charge is -2.10. The van der Waals surface area contributed by atoms with Gasteiger partial charge in [-0.3, -0.25) is 0 Å². The Kier molecular flexibility index (Phi) is 4.67. The minimum absolute atomic E-state index is 0.452. The number of thioether (sulfide) groups is 1. The maximum absolute atomic E-state index is 4.29. The molecule has 1 fully saturated rings. The predicted octanol–water partition coefficient (Wildman–Crippen LogP) is 3.25. The second-order valence-electron chi connectivity index (χ2n) is 4.48. The quantitative estimate of drug-likeness (QED) is 0.758. The van der Waals surface area contributed by atoms with Gasteiger partial charge < -0.3 is 5.32 Å². The van der Waals surface area contributed by atoms with Crippen LogP contribution < -0.4 is 5.32 Å². The molecule has 1 heterocycles. The Balaban J connectivity index is 1.57. The number of hydrogen-bond acceptors (Lipinski definition) is 4. The van der Waals surface area contributed by atoms with E-state index in [0.717, 1.165) is 17.5 Å². The normalized spacial score (nSPS) is 17.6. The van der Waals surface area contributed by atoms with Crippen LogP contribution in [0.15, 0.2) is 6.20 Å². The zero-order valence-electron chi connectivity index (χ0n) is 10.0. The Bertz CT molecular complexity index is 321. The van der Waals surface area contributed by atoms with Gasteiger partial charge in [0.2, 0.25) is 0 Å². The number of nitrogens with one attached hydrogen (secondary N) is 1. The Hall–Kier alpha value is -0.0600. The molecule has 0 amide bonds. The fourth-order valence-electron chi connectivity index (χ4n) is 1.56. The van der Waals surface area contributed by atoms with Crippen molar-refractivity contribution in [3.8, 4) is 0 Å². The van der Waals surface area contributed by atoms with E-state index in [1.54, 1.807) is 11.3 Å². The first-order valence-corrected chi connectivity index (χ1v) is 7.96. The van der Waals surface area contributed by atoms with Gasteiger partial charge >= 0.3 is 0 Å². The molecule has 1 aliphatic carbocycles. The number of nitrogens with zero attached hydrogens (tertiary/aromatic N) is 1. The predicted molar refractivity (Wildman–Crippen MR) is 73.3 cm³/mol. The van der Waals surface area contributed by atoms with Gasteiger partial charge in [-0.1, -0.05) is 0 Å². The summed E-state index contributed by atoms with van der Waals surface area (Å²) in [5.41, 5.74) is 0. The molecule has 1 N–H and O–H groups in total. The van der Waals surface area contributed by atoms with Crippen LogP contribution in [-0.4, -0.2) is 23.0 Å². The van der Waals surface area contributed by atoms with E-state index in [4.69, 9.17) is 0 Å². The van der Waals surface area contributed by atoms with Crippen molar-refractivity contribution in [2.75, 3.05) is 18.1 Å². The minimum Gasteiger partial charge on any atom is -0.309 e. The lowest BCUT2D eigenvalue weighted by Crippen LogP contribution is -2.20. The van der Waals surface area contributed by atoms with E-state index in [9.17, 15) is 0 Å². The first kappa shape index (κ1) is 12.4. The fourth-order valence-corrected chi connectivity index (χ4v) is 3.47. The summed E-state index contributed by atoms with van der Waals surface area (Å²) < 4.78 is 0. The number of rotatable bonds is 7. The van der Waals surface area contributed by atoms with Crippen molar-refractivity contribution in [2.45, 2.75) is 32.7 Å². The van der Waals surface area contributed by atoms with E-state index in [-0.39, 0.29) is 0 Å². The first-order valence-electron chi connectivity index (χ1n) is 5.99. The zero-order valence-corrected chi connectivity index (χ0v) is 11.7. The van der Waals surface area contributed by atoms with Gasteiger partial charge in [0.15, 0.2) is 0 Å². The Labute approximate surface area is 106 Å². The van der Waals surface area contributed by atoms with Crippen molar-refractivity contribution in [3.63, 3.8) is 0 Å². The van der Waals surface area contributed by atoms with Gasteiger partial charge in [0.05, 0.1) is 5.01 Å². The summed E-state index contributed by atoms with van der Waals surface area (Å²) in [6.45, 7) is 5.39. The maximum atomic E-state index is 4.29. The summed E-state index contributed by atoms with van der Waals surface area (Å²) in [5.74, 6) is 3.65. The molecule has 4 heteroatoms. The highest BCUT2D eigenvalue weighted by molar-refractivity contribution is 7.99. The van der Waals surface area contributed by atoms with E-state index in [1.165, 1.54) is 29.2 Å². The molecule has 0 aromatic carbocycles. The number of aromatic nitrogens is 1. The van der Waals surface area contributed by atoms with Crippen LogP contribution in [0.1, 0.15) is 35.7 Å². The molecule has 2 nitrogen and oxygen atoms in total. The van der Waals surface area contributed by atoms with Crippen LogP contribution in [0.25, 0.3) is 0 Å². The van der Waals surface area contributed by atoms with E-state index < -0.39 is 0 Å². The number of hydrogen-bond donors (Lipinski definition) is 1. The molecule has 1 aromatic rings. The van der Waals surface area contributed by atoms with Crippen molar-refractivity contribution >= 4 is 23.1 Å². The van der Waals surface area contributed by atoms with Gasteiger partial charge in [0.1, 0.15) is 0 Å². The standard InChI is InChI=1S/C12H20N2S2/c1-9(12-7-14-10(2)16-12)13-5-6-15-8-11-3-4-11/h7,9,11,13H,3-6,8H2,1-2H3. The molecule has 2 rings (SSSR count). The van der Waals surface area contributed by atoms with Gasteiger partial charge in [0.25, 0.3) is 0 Å². The van der Waals surface area contributed by atoms with Crippen LogP contribution in [0.5, 0.6) is 0 Å². The molecule has 1 atom stereocenters. The highest BCUT2D eigenvalue weighted by Crippen LogP contribution is 2.32. The summed E-state index contributed by atoms with van der Waals surface area (Å²) >= 11 is 3.89. The van der Waals surface area contributed by atoms with Crippen molar-refractivity contribution < 1.29 is 0 Å². The van der Waals surface area contributed by atoms with E-state index in [2.05, 4.69) is 35.9 Å². The Morgan fingerprint density at radius 1 is 1.62 bits per heavy atom. The van der Waals surface area contributed by atoms with Crippen molar-refractivity contribution in [3.05, 3.63) is 16.1 Å². The van der Waals surface area contributed by atoms with Crippen LogP contribution in [0, 0.1) is 12.8 Å². The SMILES string of the molecule is Cc1ncc(C(C)NCCSCC2CC2)s1. The third kappa shape index (κ3) is 4.07. The van der Waals surface area contributed by atoms with Gasteiger partial charge in [-0.15, -0.1) is 11.3 Å². The summed E-state index contributed by atoms with van der Waals surface area (Å²) in [6, 6.07) is 0.452. The molecule has 1 aromatic heterocycles. The summed E-state index contributed by atoms with van der Waals surface area (Å²) in [7, 11) is 0. The van der Waals surface area contributed by atoms with Crippen molar-refractivity contribution in [1.29, 1.82) is 0 Å². The highest BCUT2D eigenvalue weighted by Gasteiger charge is 2.20. The molecular formula is C12H20N2S2. The topological polar surface area (TPSA) is 24.9 Å². The smallest absolute Gasteiger partial charge is 0.0897 e. The molecule has 0 aliphatic heterocycles. The lowest BCUT2D eigenvalue weighted by molar-refractivity contribution is 0.609. The third-order valence-corrected chi connectivity index (χ3v) is 5.11. The molecule has 0 radical (unpaired) electrons. The first-order chi connectivity index (χ1) is 7.75. The summed E-state index contributed by atoms with van der Waals surface area (Å²) in [5, 5.41) is 4.71. The molecule has 90 valence electrons. The highest BCUT2D eigenvalue weighted by atomic mass is 32.2. The van der Waals surface area contributed by atoms with E-state index >= 15 is 0 Å². The monoisotopic (exact) mass is 256 g/mol. The van der Waals surface area contributed by atoms with Gasteiger partial charge in [0, 0.05) is 29.4 Å². The Morgan fingerprint density at radius 3 is 3.06 bits per heavy atom. The van der Waals surface area contributed by atoms with Gasteiger partial charge in [-0.2, -0.15) is 11.8 Å². The average molecular weight is 256 g/mol. The lowest BCUT2D eigenvalue weighted by atomic mass is 10.3. The molecule has 0 bridgehead atoms. The van der Waals surface area contributed by atoms with Crippen LogP contribution in [0.4, 0.5) is 0 Å². The molecule has 1 unspecified atom stereocenters. The fraction of sp³-hybridized carbons (Fsp3) is 0.750. The van der Waals surface area contributed by atoms with Crippen molar-refractivity contribution in [2.24, 2.45) is 5.92 Å². The Morgan fingerprint density at radius 2 is 2.44 bits per heavy atom. The average Bonchev–Trinajstić information content (AvgIpc) is 2.99. The van der Waals surface area contributed by atoms with Gasteiger partial charge in [-0.25, -0.2) is 4.98 Å². The molecular weight excluding hydrogens is 236 g/mol. The molecule has 0 saturated heterocycles. The van der Waals surface area contributed by atoms with Crippen LogP contribution in [0.2, 0.25) is 0 Å². The van der Waals surface area contributed by atoms with Crippen LogP contribution >= 0.6 is 23.1 Å². The zero-order chi connectivity index (χ0) is 11.4. The molecule has 0 spiro atoms. The van der Waals surface area contributed by atoms with E-state index in [0.29, 0.717) is 6.04 Å². The van der Waals surface area contributed by atoms with Gasteiger partial charge in [-0.05, 0) is 38.4 Å². The minimum atomic E-state index is 0.452. The van der Waals surface area contributed by atoms with Crippen LogP contribution in [-0.2, 0) is 0 Å². The molecule has 1 aliphatic rings. The molecule has 1 saturated carbocycles. The van der Waals surface area contributed by atoms with Crippen molar-refractivity contribution in [1.82, 2.24) is 10.3 Å². The number of thiazole rings is 1. The summed E-state index contributed by atoms with van der Waals surface area (Å²) in [6.07, 6.45) is 4.93. The second kappa shape index (κ2) is 6.03. The largest absolute Gasteiger partial charge is 0.309 e.